The van der Waals surface area contributed by atoms with Gasteiger partial charge in [-0.15, -0.1) is 0 Å². The molecule has 0 atom stereocenters. The van der Waals surface area contributed by atoms with E-state index in [2.05, 4.69) is 47.1 Å². The minimum atomic E-state index is 0.427. The average molecular weight is 477 g/mol. The first-order valence-electron chi connectivity index (χ1n) is 10.7. The van der Waals surface area contributed by atoms with Crippen LogP contribution >= 0.6 is 15.9 Å². The molecule has 0 bridgehead atoms. The number of hydrogen-bond donors (Lipinski definition) is 0. The zero-order valence-corrected chi connectivity index (χ0v) is 19.5. The lowest BCUT2D eigenvalue weighted by atomic mass is 9.83. The van der Waals surface area contributed by atoms with Crippen molar-refractivity contribution in [2.24, 2.45) is 0 Å². The zero-order valence-electron chi connectivity index (χ0n) is 17.9. The van der Waals surface area contributed by atoms with Gasteiger partial charge in [0, 0.05) is 15.6 Å². The van der Waals surface area contributed by atoms with Crippen LogP contribution in [0.25, 0.3) is 22.4 Å². The Labute approximate surface area is 192 Å². The number of aromatic nitrogens is 1. The van der Waals surface area contributed by atoms with Crippen molar-refractivity contribution in [3.8, 4) is 40.1 Å². The molecule has 0 unspecified atom stereocenters. The van der Waals surface area contributed by atoms with Crippen LogP contribution in [0.1, 0.15) is 42.9 Å². The molecule has 1 aliphatic rings. The minimum Gasteiger partial charge on any atom is -0.497 e. The molecule has 0 saturated heterocycles. The van der Waals surface area contributed by atoms with Crippen LogP contribution in [0.15, 0.2) is 46.9 Å². The second kappa shape index (κ2) is 9.53. The summed E-state index contributed by atoms with van der Waals surface area (Å²) >= 11 is 3.58. The number of rotatable bonds is 7. The Morgan fingerprint density at radius 1 is 1.13 bits per heavy atom. The van der Waals surface area contributed by atoms with Gasteiger partial charge < -0.3 is 9.47 Å². The highest BCUT2D eigenvalue weighted by Gasteiger charge is 2.27. The Morgan fingerprint density at radius 2 is 2.00 bits per heavy atom. The molecule has 0 radical (unpaired) electrons. The van der Waals surface area contributed by atoms with Gasteiger partial charge in [-0.1, -0.05) is 47.8 Å². The molecule has 0 spiro atoms. The Balaban J connectivity index is 1.92. The lowest BCUT2D eigenvalue weighted by molar-refractivity contribution is 0.294. The van der Waals surface area contributed by atoms with E-state index in [1.165, 1.54) is 5.56 Å². The molecule has 1 aliphatic carbocycles. The average Bonchev–Trinajstić information content (AvgIpc) is 2.80. The highest BCUT2D eigenvalue weighted by atomic mass is 79.9. The number of methoxy groups -OCH3 is 1. The molecule has 1 aromatic heterocycles. The van der Waals surface area contributed by atoms with Gasteiger partial charge >= 0.3 is 0 Å². The Bertz CT molecular complexity index is 1150. The number of fused-ring (bicyclic) bond motifs is 3. The second-order valence-corrected chi connectivity index (χ2v) is 8.61. The molecule has 0 aliphatic heterocycles. The maximum Gasteiger partial charge on any atom is 0.232 e. The van der Waals surface area contributed by atoms with E-state index >= 15 is 0 Å². The first-order chi connectivity index (χ1) is 15.2. The quantitative estimate of drug-likeness (QED) is 0.354. The molecule has 31 heavy (non-hydrogen) atoms. The first-order valence-corrected chi connectivity index (χ1v) is 11.5. The number of benzene rings is 2. The van der Waals surface area contributed by atoms with Gasteiger partial charge in [-0.3, -0.25) is 0 Å². The van der Waals surface area contributed by atoms with E-state index in [9.17, 15) is 5.26 Å². The Hall–Kier alpha value is -2.84. The van der Waals surface area contributed by atoms with Crippen molar-refractivity contribution in [3.63, 3.8) is 0 Å². The van der Waals surface area contributed by atoms with Crippen LogP contribution in [0.5, 0.6) is 11.6 Å². The Kier molecular flexibility index (Phi) is 6.58. The summed E-state index contributed by atoms with van der Waals surface area (Å²) in [6.07, 6.45) is 4.84. The van der Waals surface area contributed by atoms with Gasteiger partial charge in [0.2, 0.25) is 5.88 Å². The molecule has 0 amide bonds. The number of hydrogen-bond acceptors (Lipinski definition) is 4. The predicted octanol–water partition coefficient (Wildman–Crippen LogP) is 6.73. The topological polar surface area (TPSA) is 55.1 Å². The molecule has 0 fully saturated rings. The van der Waals surface area contributed by atoms with Crippen molar-refractivity contribution in [2.45, 2.75) is 39.0 Å². The zero-order chi connectivity index (χ0) is 21.8. The number of nitrogens with zero attached hydrogens (tertiary/aromatic N) is 2. The summed E-state index contributed by atoms with van der Waals surface area (Å²) in [5.74, 6) is 1.27. The monoisotopic (exact) mass is 476 g/mol. The lowest BCUT2D eigenvalue weighted by Crippen LogP contribution is -2.12. The van der Waals surface area contributed by atoms with E-state index in [1.54, 1.807) is 7.11 Å². The summed E-state index contributed by atoms with van der Waals surface area (Å²) in [6.45, 7) is 2.72. The van der Waals surface area contributed by atoms with Gasteiger partial charge in [0.05, 0.1) is 19.4 Å². The maximum absolute atomic E-state index is 10.1. The third kappa shape index (κ3) is 4.31. The van der Waals surface area contributed by atoms with E-state index in [0.717, 1.165) is 70.3 Å². The third-order valence-electron chi connectivity index (χ3n) is 5.69. The lowest BCUT2D eigenvalue weighted by Gasteiger charge is -2.24. The molecular formula is C26H25BrN2O2. The van der Waals surface area contributed by atoms with Crippen LogP contribution in [0, 0.1) is 11.3 Å². The third-order valence-corrected chi connectivity index (χ3v) is 6.18. The summed E-state index contributed by atoms with van der Waals surface area (Å²) < 4.78 is 12.5. The smallest absolute Gasteiger partial charge is 0.232 e. The van der Waals surface area contributed by atoms with E-state index < -0.39 is 0 Å². The Morgan fingerprint density at radius 3 is 2.74 bits per heavy atom. The minimum absolute atomic E-state index is 0.427. The number of halogens is 1. The number of aryl methyl sites for hydroxylation is 1. The fraction of sp³-hybridized carbons (Fsp3) is 0.308. The molecule has 4 nitrogen and oxygen atoms in total. The predicted molar refractivity (Wildman–Crippen MR) is 127 cm³/mol. The number of nitriles is 1. The number of ether oxygens (including phenoxy) is 2. The summed E-state index contributed by atoms with van der Waals surface area (Å²) in [7, 11) is 1.68. The van der Waals surface area contributed by atoms with Gasteiger partial charge in [0.15, 0.2) is 0 Å². The van der Waals surface area contributed by atoms with E-state index in [-0.39, 0.29) is 0 Å². The van der Waals surface area contributed by atoms with Gasteiger partial charge in [-0.05, 0) is 66.3 Å². The molecule has 158 valence electrons. The highest BCUT2D eigenvalue weighted by Crippen LogP contribution is 2.43. The van der Waals surface area contributed by atoms with Crippen LogP contribution in [0.2, 0.25) is 0 Å². The largest absolute Gasteiger partial charge is 0.497 e. The highest BCUT2D eigenvalue weighted by molar-refractivity contribution is 9.10. The number of unbranched alkanes of at least 4 members (excludes halogenated alkanes) is 2. The molecule has 3 aromatic rings. The van der Waals surface area contributed by atoms with Crippen molar-refractivity contribution in [1.29, 1.82) is 5.26 Å². The second-order valence-electron chi connectivity index (χ2n) is 7.69. The van der Waals surface area contributed by atoms with Gasteiger partial charge in [-0.2, -0.15) is 5.26 Å². The van der Waals surface area contributed by atoms with Crippen LogP contribution in [0.4, 0.5) is 0 Å². The summed E-state index contributed by atoms with van der Waals surface area (Å²) in [5, 5.41) is 10.1. The summed E-state index contributed by atoms with van der Waals surface area (Å²) in [4.78, 5) is 4.89. The number of pyridine rings is 1. The SMILES string of the molecule is CCCCCOc1nc2c(c(-c3cccc(Br)c3)c1C#N)CCc1cc(OC)ccc1-2. The van der Waals surface area contributed by atoms with Crippen LogP contribution < -0.4 is 9.47 Å². The standard InChI is InChI=1S/C26H25BrN2O2/c1-3-4-5-13-31-26-23(16-28)24(18-7-6-8-19(27)14-18)22-11-9-17-15-20(30-2)10-12-21(17)25(22)29-26/h6-8,10,12,14-15H,3-5,9,11,13H2,1-2H3. The molecule has 1 heterocycles. The van der Waals surface area contributed by atoms with Crippen molar-refractivity contribution in [2.75, 3.05) is 13.7 Å². The van der Waals surface area contributed by atoms with Crippen molar-refractivity contribution < 1.29 is 9.47 Å². The van der Waals surface area contributed by atoms with Crippen LogP contribution in [0.3, 0.4) is 0 Å². The molecule has 4 rings (SSSR count). The summed E-state index contributed by atoms with van der Waals surface area (Å²) in [5.41, 5.74) is 6.75. The maximum atomic E-state index is 10.1. The van der Waals surface area contributed by atoms with E-state index in [0.29, 0.717) is 18.1 Å². The molecular weight excluding hydrogens is 452 g/mol. The van der Waals surface area contributed by atoms with Crippen LogP contribution in [-0.2, 0) is 12.8 Å². The van der Waals surface area contributed by atoms with Gasteiger partial charge in [0.1, 0.15) is 17.4 Å². The fourth-order valence-corrected chi connectivity index (χ4v) is 4.55. The van der Waals surface area contributed by atoms with Gasteiger partial charge in [-0.25, -0.2) is 4.98 Å². The van der Waals surface area contributed by atoms with Gasteiger partial charge in [0.25, 0.3) is 0 Å². The molecule has 0 saturated carbocycles. The van der Waals surface area contributed by atoms with Crippen molar-refractivity contribution in [3.05, 3.63) is 63.6 Å². The molecule has 5 heteroatoms. The molecule has 0 N–H and O–H groups in total. The van der Waals surface area contributed by atoms with E-state index in [1.807, 2.05) is 24.3 Å². The summed E-state index contributed by atoms with van der Waals surface area (Å²) in [6, 6.07) is 16.6. The van der Waals surface area contributed by atoms with E-state index in [4.69, 9.17) is 14.5 Å². The first kappa shape index (κ1) is 21.4. The molecule has 2 aromatic carbocycles. The van der Waals surface area contributed by atoms with Crippen LogP contribution in [-0.4, -0.2) is 18.7 Å². The van der Waals surface area contributed by atoms with Crippen molar-refractivity contribution >= 4 is 15.9 Å². The fourth-order valence-electron chi connectivity index (χ4n) is 4.15. The normalized spacial score (nSPS) is 11.9. The van der Waals surface area contributed by atoms with Crippen molar-refractivity contribution in [1.82, 2.24) is 4.98 Å².